The van der Waals surface area contributed by atoms with E-state index in [9.17, 15) is 13.9 Å². The predicted octanol–water partition coefficient (Wildman–Crippen LogP) is 1.93. The average molecular weight is 284 g/mol. The molecule has 5 heteroatoms. The van der Waals surface area contributed by atoms with Crippen LogP contribution < -0.4 is 5.32 Å². The summed E-state index contributed by atoms with van der Waals surface area (Å²) in [6.45, 7) is 3.20. The second kappa shape index (κ2) is 7.11. The maximum Gasteiger partial charge on any atom is 0.129 e. The van der Waals surface area contributed by atoms with Crippen LogP contribution in [0.3, 0.4) is 0 Å². The van der Waals surface area contributed by atoms with Gasteiger partial charge in [-0.25, -0.2) is 8.78 Å². The quantitative estimate of drug-likeness (QED) is 0.867. The van der Waals surface area contributed by atoms with Crippen molar-refractivity contribution in [3.05, 3.63) is 35.4 Å². The van der Waals surface area contributed by atoms with Gasteiger partial charge in [0.15, 0.2) is 0 Å². The lowest BCUT2D eigenvalue weighted by atomic mass is 9.98. The zero-order valence-electron chi connectivity index (χ0n) is 11.8. The normalized spacial score (nSPS) is 21.9. The molecule has 1 aliphatic heterocycles. The van der Waals surface area contributed by atoms with Gasteiger partial charge in [0.2, 0.25) is 0 Å². The minimum Gasteiger partial charge on any atom is -0.387 e. The molecular formula is C15H22F2N2O. The second-order valence-corrected chi connectivity index (χ2v) is 5.61. The fraction of sp³-hybridized carbons (Fsp3) is 0.600. The van der Waals surface area contributed by atoms with Gasteiger partial charge in [-0.15, -0.1) is 0 Å². The molecule has 20 heavy (non-hydrogen) atoms. The molecule has 0 spiro atoms. The summed E-state index contributed by atoms with van der Waals surface area (Å²) in [5.41, 5.74) is 0.0123. The summed E-state index contributed by atoms with van der Waals surface area (Å²) in [7, 11) is 2.10. The molecule has 0 saturated carbocycles. The van der Waals surface area contributed by atoms with Crippen molar-refractivity contribution in [1.29, 1.82) is 0 Å². The highest BCUT2D eigenvalue weighted by Crippen LogP contribution is 2.18. The van der Waals surface area contributed by atoms with E-state index in [0.717, 1.165) is 37.8 Å². The summed E-state index contributed by atoms with van der Waals surface area (Å²) in [5, 5.41) is 13.1. The van der Waals surface area contributed by atoms with Gasteiger partial charge in [-0.3, -0.25) is 0 Å². The maximum atomic E-state index is 13.5. The van der Waals surface area contributed by atoms with Crippen LogP contribution in [0, 0.1) is 17.6 Å². The third-order valence-corrected chi connectivity index (χ3v) is 3.81. The Morgan fingerprint density at radius 1 is 1.45 bits per heavy atom. The molecule has 0 aromatic heterocycles. The van der Waals surface area contributed by atoms with Crippen LogP contribution in [0.15, 0.2) is 18.2 Å². The summed E-state index contributed by atoms with van der Waals surface area (Å²) in [5.74, 6) is -0.550. The van der Waals surface area contributed by atoms with E-state index in [-0.39, 0.29) is 12.1 Å². The fourth-order valence-corrected chi connectivity index (χ4v) is 2.74. The van der Waals surface area contributed by atoms with Gasteiger partial charge in [0.25, 0.3) is 0 Å². The molecule has 0 radical (unpaired) electrons. The van der Waals surface area contributed by atoms with E-state index < -0.39 is 17.7 Å². The predicted molar refractivity (Wildman–Crippen MR) is 74.4 cm³/mol. The number of halogens is 2. The molecule has 2 N–H and O–H groups in total. The lowest BCUT2D eigenvalue weighted by Gasteiger charge is -2.30. The SMILES string of the molecule is CN1CCCC(CNCC(O)c2cc(F)ccc2F)C1. The third-order valence-electron chi connectivity index (χ3n) is 3.81. The molecule has 1 heterocycles. The van der Waals surface area contributed by atoms with Gasteiger partial charge in [-0.1, -0.05) is 0 Å². The fourth-order valence-electron chi connectivity index (χ4n) is 2.74. The Labute approximate surface area is 118 Å². The molecule has 2 atom stereocenters. The number of piperidine rings is 1. The lowest BCUT2D eigenvalue weighted by molar-refractivity contribution is 0.159. The minimum atomic E-state index is -1.02. The maximum absolute atomic E-state index is 13.5. The standard InChI is InChI=1S/C15H22F2N2O/c1-19-6-2-3-11(10-19)8-18-9-15(20)13-7-12(16)4-5-14(13)17/h4-5,7,11,15,18,20H,2-3,6,8-10H2,1H3. The van der Waals surface area contributed by atoms with Crippen molar-refractivity contribution in [3.63, 3.8) is 0 Å². The van der Waals surface area contributed by atoms with Crippen molar-refractivity contribution >= 4 is 0 Å². The van der Waals surface area contributed by atoms with Crippen LogP contribution in [0.25, 0.3) is 0 Å². The van der Waals surface area contributed by atoms with E-state index in [1.54, 1.807) is 0 Å². The van der Waals surface area contributed by atoms with Crippen LogP contribution in [0.1, 0.15) is 24.5 Å². The average Bonchev–Trinajstić information content (AvgIpc) is 2.41. The van der Waals surface area contributed by atoms with Crippen LogP contribution >= 0.6 is 0 Å². The summed E-state index contributed by atoms with van der Waals surface area (Å²) >= 11 is 0. The summed E-state index contributed by atoms with van der Waals surface area (Å²) < 4.78 is 26.6. The Morgan fingerprint density at radius 2 is 2.25 bits per heavy atom. The van der Waals surface area contributed by atoms with Crippen LogP contribution in [0.2, 0.25) is 0 Å². The van der Waals surface area contributed by atoms with Crippen molar-refractivity contribution < 1.29 is 13.9 Å². The van der Waals surface area contributed by atoms with Crippen molar-refractivity contribution in [2.24, 2.45) is 5.92 Å². The van der Waals surface area contributed by atoms with Gasteiger partial charge in [-0.2, -0.15) is 0 Å². The largest absolute Gasteiger partial charge is 0.387 e. The number of aliphatic hydroxyl groups excluding tert-OH is 1. The van der Waals surface area contributed by atoms with Gasteiger partial charge in [0.05, 0.1) is 6.10 Å². The van der Waals surface area contributed by atoms with Crippen molar-refractivity contribution in [2.75, 3.05) is 33.2 Å². The first-order chi connectivity index (χ1) is 9.56. The smallest absolute Gasteiger partial charge is 0.129 e. The van der Waals surface area contributed by atoms with Crippen LogP contribution in [0.5, 0.6) is 0 Å². The highest BCUT2D eigenvalue weighted by atomic mass is 19.1. The molecular weight excluding hydrogens is 262 g/mol. The Balaban J connectivity index is 1.80. The molecule has 1 aromatic rings. The number of aliphatic hydroxyl groups is 1. The van der Waals surface area contributed by atoms with Crippen molar-refractivity contribution in [2.45, 2.75) is 18.9 Å². The van der Waals surface area contributed by atoms with E-state index in [1.165, 1.54) is 12.8 Å². The molecule has 0 amide bonds. The highest BCUT2D eigenvalue weighted by Gasteiger charge is 2.18. The molecule has 1 aliphatic rings. The number of nitrogens with one attached hydrogen (secondary N) is 1. The molecule has 1 aromatic carbocycles. The Morgan fingerprint density at radius 3 is 3.00 bits per heavy atom. The van der Waals surface area contributed by atoms with Crippen LogP contribution in [-0.4, -0.2) is 43.2 Å². The van der Waals surface area contributed by atoms with E-state index in [0.29, 0.717) is 5.92 Å². The van der Waals surface area contributed by atoms with E-state index in [2.05, 4.69) is 17.3 Å². The number of hydrogen-bond donors (Lipinski definition) is 2. The lowest BCUT2D eigenvalue weighted by Crippen LogP contribution is -2.38. The van der Waals surface area contributed by atoms with Crippen molar-refractivity contribution in [3.8, 4) is 0 Å². The zero-order valence-corrected chi connectivity index (χ0v) is 11.8. The van der Waals surface area contributed by atoms with Gasteiger partial charge in [0, 0.05) is 18.7 Å². The van der Waals surface area contributed by atoms with Gasteiger partial charge in [0.1, 0.15) is 11.6 Å². The topological polar surface area (TPSA) is 35.5 Å². The Bertz CT molecular complexity index is 442. The summed E-state index contributed by atoms with van der Waals surface area (Å²) in [6.07, 6.45) is 1.33. The first-order valence-electron chi connectivity index (χ1n) is 7.08. The Kier molecular flexibility index (Phi) is 5.46. The van der Waals surface area contributed by atoms with Crippen LogP contribution in [0.4, 0.5) is 8.78 Å². The van der Waals surface area contributed by atoms with E-state index >= 15 is 0 Å². The molecule has 2 unspecified atom stereocenters. The minimum absolute atomic E-state index is 0.0123. The van der Waals surface area contributed by atoms with Crippen molar-refractivity contribution in [1.82, 2.24) is 10.2 Å². The highest BCUT2D eigenvalue weighted by molar-refractivity contribution is 5.21. The molecule has 112 valence electrons. The number of rotatable bonds is 5. The monoisotopic (exact) mass is 284 g/mol. The number of benzene rings is 1. The third kappa shape index (κ3) is 4.23. The first-order valence-corrected chi connectivity index (χ1v) is 7.08. The van der Waals surface area contributed by atoms with E-state index in [4.69, 9.17) is 0 Å². The number of hydrogen-bond acceptors (Lipinski definition) is 3. The van der Waals surface area contributed by atoms with Gasteiger partial charge < -0.3 is 15.3 Å². The van der Waals surface area contributed by atoms with Gasteiger partial charge in [-0.05, 0) is 57.1 Å². The number of likely N-dealkylation sites (tertiary alicyclic amines) is 1. The summed E-state index contributed by atoms with van der Waals surface area (Å²) in [4.78, 5) is 2.29. The molecule has 1 fully saturated rings. The van der Waals surface area contributed by atoms with Crippen LogP contribution in [-0.2, 0) is 0 Å². The Hall–Kier alpha value is -1.04. The second-order valence-electron chi connectivity index (χ2n) is 5.61. The first kappa shape index (κ1) is 15.4. The van der Waals surface area contributed by atoms with E-state index in [1.807, 2.05) is 0 Å². The number of nitrogens with zero attached hydrogens (tertiary/aromatic N) is 1. The molecule has 0 aliphatic carbocycles. The zero-order chi connectivity index (χ0) is 14.5. The molecule has 2 rings (SSSR count). The molecule has 0 bridgehead atoms. The molecule has 1 saturated heterocycles. The summed E-state index contributed by atoms with van der Waals surface area (Å²) in [6, 6.07) is 3.15. The van der Waals surface area contributed by atoms with Gasteiger partial charge >= 0.3 is 0 Å². The molecule has 3 nitrogen and oxygen atoms in total.